The van der Waals surface area contributed by atoms with Crippen LogP contribution in [0.1, 0.15) is 25.0 Å². The number of rotatable bonds is 7. The maximum absolute atomic E-state index is 12.3. The minimum absolute atomic E-state index is 0.0169. The second kappa shape index (κ2) is 8.99. The number of benzene rings is 2. The van der Waals surface area contributed by atoms with E-state index in [2.05, 4.69) is 48.7 Å². The lowest BCUT2D eigenvalue weighted by Gasteiger charge is -2.17. The zero-order chi connectivity index (χ0) is 18.2. The number of hydrogen-bond donors (Lipinski definition) is 3. The fourth-order valence-corrected chi connectivity index (χ4v) is 2.70. The third-order valence-electron chi connectivity index (χ3n) is 3.94. The van der Waals surface area contributed by atoms with Gasteiger partial charge in [0, 0.05) is 23.9 Å². The fourth-order valence-electron chi connectivity index (χ4n) is 2.70. The largest absolute Gasteiger partial charge is 0.326 e. The van der Waals surface area contributed by atoms with Crippen LogP contribution in [0.3, 0.4) is 0 Å². The fraction of sp³-hybridized carbons (Fsp3) is 0.300. The molecule has 1 unspecified atom stereocenters. The molecule has 0 saturated heterocycles. The number of quaternary nitrogens is 1. The number of amides is 2. The van der Waals surface area contributed by atoms with Crippen LogP contribution >= 0.6 is 0 Å². The number of aryl methyl sites for hydroxylation is 1. The highest BCUT2D eigenvalue weighted by Crippen LogP contribution is 2.13. The molecule has 0 saturated carbocycles. The van der Waals surface area contributed by atoms with Gasteiger partial charge in [0.05, 0.1) is 6.54 Å². The predicted molar refractivity (Wildman–Crippen MR) is 101 cm³/mol. The molecule has 0 spiro atoms. The quantitative estimate of drug-likeness (QED) is 0.722. The van der Waals surface area contributed by atoms with Crippen molar-refractivity contribution in [2.75, 3.05) is 23.7 Å². The standard InChI is InChI=1S/C20H25N3O2/c1-4-23(13-17-7-5-6-15(2)12-17)14-20(25)22-19-10-8-18(9-11-19)21-16(3)24/h5-12H,4,13-14H2,1-3H3,(H,21,24)(H,22,25)/p+1. The van der Waals surface area contributed by atoms with Crippen LogP contribution in [0.4, 0.5) is 11.4 Å². The van der Waals surface area contributed by atoms with E-state index >= 15 is 0 Å². The summed E-state index contributed by atoms with van der Waals surface area (Å²) >= 11 is 0. The van der Waals surface area contributed by atoms with Gasteiger partial charge in [0.25, 0.3) is 5.91 Å². The molecule has 0 aliphatic heterocycles. The Bertz CT molecular complexity index is 726. The minimum atomic E-state index is -0.116. The van der Waals surface area contributed by atoms with E-state index in [0.29, 0.717) is 12.2 Å². The van der Waals surface area contributed by atoms with Gasteiger partial charge in [-0.25, -0.2) is 0 Å². The lowest BCUT2D eigenvalue weighted by atomic mass is 10.1. The van der Waals surface area contributed by atoms with Gasteiger partial charge in [0.2, 0.25) is 5.91 Å². The van der Waals surface area contributed by atoms with Crippen LogP contribution in [-0.2, 0) is 16.1 Å². The lowest BCUT2D eigenvalue weighted by Crippen LogP contribution is -3.11. The molecule has 5 nitrogen and oxygen atoms in total. The second-order valence-corrected chi connectivity index (χ2v) is 6.25. The van der Waals surface area contributed by atoms with Crippen molar-refractivity contribution in [2.24, 2.45) is 0 Å². The number of nitrogens with one attached hydrogen (secondary N) is 3. The van der Waals surface area contributed by atoms with E-state index in [0.717, 1.165) is 18.8 Å². The molecule has 1 atom stereocenters. The zero-order valence-corrected chi connectivity index (χ0v) is 15.1. The summed E-state index contributed by atoms with van der Waals surface area (Å²) in [5, 5.41) is 5.61. The van der Waals surface area contributed by atoms with Crippen LogP contribution in [0, 0.1) is 6.92 Å². The van der Waals surface area contributed by atoms with E-state index in [1.807, 2.05) is 0 Å². The number of likely N-dealkylation sites (N-methyl/N-ethyl adjacent to an activating group) is 1. The molecule has 25 heavy (non-hydrogen) atoms. The molecular weight excluding hydrogens is 314 g/mol. The smallest absolute Gasteiger partial charge is 0.279 e. The van der Waals surface area contributed by atoms with Crippen molar-refractivity contribution in [2.45, 2.75) is 27.3 Å². The van der Waals surface area contributed by atoms with Crippen LogP contribution in [0.25, 0.3) is 0 Å². The van der Waals surface area contributed by atoms with Gasteiger partial charge in [-0.2, -0.15) is 0 Å². The summed E-state index contributed by atoms with van der Waals surface area (Å²) in [4.78, 5) is 24.5. The Labute approximate surface area is 149 Å². The Balaban J connectivity index is 1.90. The van der Waals surface area contributed by atoms with E-state index in [1.165, 1.54) is 23.0 Å². The summed E-state index contributed by atoms with van der Waals surface area (Å²) in [6.07, 6.45) is 0. The second-order valence-electron chi connectivity index (χ2n) is 6.25. The minimum Gasteiger partial charge on any atom is -0.326 e. The highest BCUT2D eigenvalue weighted by Gasteiger charge is 2.13. The van der Waals surface area contributed by atoms with Gasteiger partial charge in [-0.1, -0.05) is 29.8 Å². The first-order valence-corrected chi connectivity index (χ1v) is 8.53. The summed E-state index contributed by atoms with van der Waals surface area (Å²) in [6, 6.07) is 15.5. The van der Waals surface area contributed by atoms with E-state index in [4.69, 9.17) is 0 Å². The molecule has 0 fully saturated rings. The molecule has 0 aliphatic rings. The SMILES string of the molecule is CC[NH+](CC(=O)Nc1ccc(NC(C)=O)cc1)Cc1cccc(C)c1. The maximum atomic E-state index is 12.3. The number of anilines is 2. The van der Waals surface area contributed by atoms with Crippen LogP contribution in [0.2, 0.25) is 0 Å². The summed E-state index contributed by atoms with van der Waals surface area (Å²) in [5.74, 6) is -0.132. The van der Waals surface area contributed by atoms with Gasteiger partial charge in [-0.3, -0.25) is 9.59 Å². The lowest BCUT2D eigenvalue weighted by molar-refractivity contribution is -0.903. The van der Waals surface area contributed by atoms with Crippen LogP contribution < -0.4 is 15.5 Å². The highest BCUT2D eigenvalue weighted by molar-refractivity contribution is 5.92. The molecule has 5 heteroatoms. The van der Waals surface area contributed by atoms with Crippen molar-refractivity contribution < 1.29 is 14.5 Å². The molecule has 2 rings (SSSR count). The zero-order valence-electron chi connectivity index (χ0n) is 15.1. The monoisotopic (exact) mass is 340 g/mol. The molecule has 2 amide bonds. The van der Waals surface area contributed by atoms with Crippen molar-refractivity contribution in [1.82, 2.24) is 0 Å². The van der Waals surface area contributed by atoms with Gasteiger partial charge in [0.1, 0.15) is 6.54 Å². The molecule has 0 aliphatic carbocycles. The Morgan fingerprint density at radius 2 is 1.64 bits per heavy atom. The highest BCUT2D eigenvalue weighted by atomic mass is 16.2. The van der Waals surface area contributed by atoms with Gasteiger partial charge in [-0.05, 0) is 38.1 Å². The van der Waals surface area contributed by atoms with E-state index in [9.17, 15) is 9.59 Å². The summed E-state index contributed by atoms with van der Waals surface area (Å²) in [5.41, 5.74) is 3.91. The number of hydrogen-bond acceptors (Lipinski definition) is 2. The van der Waals surface area contributed by atoms with E-state index in [-0.39, 0.29) is 11.8 Å². The molecule has 0 radical (unpaired) electrons. The van der Waals surface area contributed by atoms with Crippen molar-refractivity contribution in [3.63, 3.8) is 0 Å². The van der Waals surface area contributed by atoms with Gasteiger partial charge in [-0.15, -0.1) is 0 Å². The van der Waals surface area contributed by atoms with Crippen molar-refractivity contribution in [1.29, 1.82) is 0 Å². The summed E-state index contributed by atoms with van der Waals surface area (Å²) < 4.78 is 0. The predicted octanol–water partition coefficient (Wildman–Crippen LogP) is 2.00. The molecule has 132 valence electrons. The number of carbonyl (C=O) groups excluding carboxylic acids is 2. The summed E-state index contributed by atoms with van der Waals surface area (Å²) in [7, 11) is 0. The molecule has 0 aromatic heterocycles. The third kappa shape index (κ3) is 6.39. The van der Waals surface area contributed by atoms with E-state index < -0.39 is 0 Å². The Hall–Kier alpha value is -2.66. The Morgan fingerprint density at radius 3 is 2.20 bits per heavy atom. The van der Waals surface area contributed by atoms with Crippen LogP contribution in [-0.4, -0.2) is 24.9 Å². The molecule has 3 N–H and O–H groups in total. The average molecular weight is 340 g/mol. The van der Waals surface area contributed by atoms with Gasteiger partial charge >= 0.3 is 0 Å². The Kier molecular flexibility index (Phi) is 6.71. The molecule has 0 bridgehead atoms. The average Bonchev–Trinajstić information content (AvgIpc) is 2.55. The molecular formula is C20H26N3O2+. The molecule has 2 aromatic carbocycles. The van der Waals surface area contributed by atoms with Crippen LogP contribution in [0.15, 0.2) is 48.5 Å². The maximum Gasteiger partial charge on any atom is 0.279 e. The third-order valence-corrected chi connectivity index (χ3v) is 3.94. The van der Waals surface area contributed by atoms with E-state index in [1.54, 1.807) is 24.3 Å². The van der Waals surface area contributed by atoms with Crippen molar-refractivity contribution in [3.8, 4) is 0 Å². The molecule has 0 heterocycles. The Morgan fingerprint density at radius 1 is 1.00 bits per heavy atom. The number of carbonyl (C=O) groups is 2. The first-order chi connectivity index (χ1) is 12.0. The normalized spacial score (nSPS) is 11.6. The summed E-state index contributed by atoms with van der Waals surface area (Å²) in [6.45, 7) is 7.74. The first kappa shape index (κ1) is 18.7. The van der Waals surface area contributed by atoms with Crippen molar-refractivity contribution >= 4 is 23.2 Å². The molecule has 2 aromatic rings. The van der Waals surface area contributed by atoms with Crippen molar-refractivity contribution in [3.05, 3.63) is 59.7 Å². The van der Waals surface area contributed by atoms with Crippen LogP contribution in [0.5, 0.6) is 0 Å². The van der Waals surface area contributed by atoms with Gasteiger partial charge < -0.3 is 15.5 Å². The topological polar surface area (TPSA) is 62.6 Å². The first-order valence-electron chi connectivity index (χ1n) is 8.53. The van der Waals surface area contributed by atoms with Gasteiger partial charge in [0.15, 0.2) is 6.54 Å².